The van der Waals surface area contributed by atoms with Crippen LogP contribution >= 0.6 is 24.0 Å². The van der Waals surface area contributed by atoms with Crippen LogP contribution < -0.4 is 5.32 Å². The molecule has 1 N–H and O–H groups in total. The summed E-state index contributed by atoms with van der Waals surface area (Å²) in [6.07, 6.45) is 1.60. The fraction of sp³-hybridized carbons (Fsp3) is 0.450. The molecule has 2 heterocycles. The Morgan fingerprint density at radius 1 is 1.17 bits per heavy atom. The van der Waals surface area contributed by atoms with Gasteiger partial charge in [0, 0.05) is 52.9 Å². The molecule has 1 amide bonds. The number of likely N-dealkylation sites (N-methyl/N-ethyl adjacent to an activating group) is 1. The Morgan fingerprint density at radius 3 is 2.52 bits per heavy atom. The largest absolute Gasteiger partial charge is 0.364 e. The molecule has 1 fully saturated rings. The number of amides is 1. The summed E-state index contributed by atoms with van der Waals surface area (Å²) in [7, 11) is 3.51. The summed E-state index contributed by atoms with van der Waals surface area (Å²) in [4.78, 5) is 22.9. The highest BCUT2D eigenvalue weighted by Gasteiger charge is 2.21. The third-order valence-electron chi connectivity index (χ3n) is 4.70. The highest BCUT2D eigenvalue weighted by Crippen LogP contribution is 2.08. The smallest absolute Gasteiger partial charge is 0.241 e. The molecule has 0 unspecified atom stereocenters. The van der Waals surface area contributed by atoms with Gasteiger partial charge >= 0.3 is 0 Å². The Morgan fingerprint density at radius 2 is 1.90 bits per heavy atom. The van der Waals surface area contributed by atoms with Gasteiger partial charge in [-0.05, 0) is 5.56 Å². The third-order valence-corrected chi connectivity index (χ3v) is 4.70. The van der Waals surface area contributed by atoms with Gasteiger partial charge in [-0.15, -0.1) is 24.0 Å². The zero-order valence-electron chi connectivity index (χ0n) is 17.0. The van der Waals surface area contributed by atoms with E-state index < -0.39 is 0 Å². The number of hydrogen-bond donors (Lipinski definition) is 1. The van der Waals surface area contributed by atoms with E-state index in [0.29, 0.717) is 6.54 Å². The molecule has 3 rings (SSSR count). The van der Waals surface area contributed by atoms with E-state index in [-0.39, 0.29) is 36.4 Å². The lowest BCUT2D eigenvalue weighted by Gasteiger charge is -2.36. The summed E-state index contributed by atoms with van der Waals surface area (Å²) < 4.78 is 4.91. The number of guanidine groups is 1. The van der Waals surface area contributed by atoms with Gasteiger partial charge in [-0.2, -0.15) is 0 Å². The van der Waals surface area contributed by atoms with E-state index in [1.165, 1.54) is 0 Å². The zero-order valence-corrected chi connectivity index (χ0v) is 19.3. The Kier molecular flexibility index (Phi) is 9.39. The predicted molar refractivity (Wildman–Crippen MR) is 123 cm³/mol. The standard InChI is InChI=1S/C20H28N6O2.HI/c1-24(2)19(27)15-22-20(21-14-17-6-4-3-5-7-17)26-11-9-25(10-12-26)16-18-8-13-28-23-18;/h3-8,13H,9-12,14-16H2,1-2H3,(H,21,22);1H. The van der Waals surface area contributed by atoms with E-state index in [9.17, 15) is 4.79 Å². The van der Waals surface area contributed by atoms with Crippen LogP contribution in [0.1, 0.15) is 11.3 Å². The van der Waals surface area contributed by atoms with Gasteiger partial charge in [0.15, 0.2) is 5.96 Å². The lowest BCUT2D eigenvalue weighted by Crippen LogP contribution is -2.53. The molecule has 0 spiro atoms. The molecule has 2 aromatic rings. The van der Waals surface area contributed by atoms with Crippen molar-refractivity contribution in [3.8, 4) is 0 Å². The molecule has 0 atom stereocenters. The average molecular weight is 512 g/mol. The highest BCUT2D eigenvalue weighted by atomic mass is 127. The molecular weight excluding hydrogens is 483 g/mol. The number of halogens is 1. The molecule has 8 nitrogen and oxygen atoms in total. The van der Waals surface area contributed by atoms with Crippen LogP contribution in [-0.4, -0.2) is 78.5 Å². The molecule has 158 valence electrons. The van der Waals surface area contributed by atoms with Crippen molar-refractivity contribution in [1.29, 1.82) is 0 Å². The molecule has 1 aromatic carbocycles. The van der Waals surface area contributed by atoms with E-state index in [1.54, 1.807) is 25.3 Å². The Balaban J connectivity index is 0.00000300. The van der Waals surface area contributed by atoms with Gasteiger partial charge in [-0.3, -0.25) is 9.69 Å². The van der Waals surface area contributed by atoms with Crippen molar-refractivity contribution >= 4 is 35.8 Å². The Bertz CT molecular complexity index is 759. The van der Waals surface area contributed by atoms with Crippen molar-refractivity contribution in [3.05, 3.63) is 53.9 Å². The number of carbonyl (C=O) groups is 1. The van der Waals surface area contributed by atoms with Crippen LogP contribution in [0.3, 0.4) is 0 Å². The van der Waals surface area contributed by atoms with Crippen LogP contribution in [-0.2, 0) is 17.9 Å². The summed E-state index contributed by atoms with van der Waals surface area (Å²) in [5.74, 6) is 0.803. The van der Waals surface area contributed by atoms with Crippen LogP contribution in [0, 0.1) is 0 Å². The Hall–Kier alpha value is -2.14. The van der Waals surface area contributed by atoms with Crippen molar-refractivity contribution in [2.24, 2.45) is 4.99 Å². The molecule has 1 aromatic heterocycles. The molecule has 29 heavy (non-hydrogen) atoms. The molecule has 9 heteroatoms. The first-order valence-corrected chi connectivity index (χ1v) is 9.51. The van der Waals surface area contributed by atoms with Gasteiger partial charge < -0.3 is 19.6 Å². The number of nitrogens with zero attached hydrogens (tertiary/aromatic N) is 5. The van der Waals surface area contributed by atoms with Gasteiger partial charge in [0.2, 0.25) is 5.91 Å². The van der Waals surface area contributed by atoms with Crippen molar-refractivity contribution < 1.29 is 9.32 Å². The molecule has 0 aliphatic carbocycles. The summed E-state index contributed by atoms with van der Waals surface area (Å²) in [5, 5.41) is 7.22. The van der Waals surface area contributed by atoms with Crippen molar-refractivity contribution in [2.75, 3.05) is 46.8 Å². The molecule has 0 bridgehead atoms. The molecule has 0 saturated carbocycles. The van der Waals surface area contributed by atoms with Gasteiger partial charge in [-0.1, -0.05) is 35.5 Å². The maximum Gasteiger partial charge on any atom is 0.241 e. The van der Waals surface area contributed by atoms with Crippen molar-refractivity contribution in [1.82, 2.24) is 25.2 Å². The number of benzene rings is 1. The van der Waals surface area contributed by atoms with Crippen LogP contribution in [0.2, 0.25) is 0 Å². The third kappa shape index (κ3) is 7.32. The Labute approximate surface area is 188 Å². The molecule has 1 aliphatic rings. The van der Waals surface area contributed by atoms with Crippen molar-refractivity contribution in [3.63, 3.8) is 0 Å². The minimum atomic E-state index is 0. The minimum absolute atomic E-state index is 0. The number of piperazine rings is 1. The number of aromatic nitrogens is 1. The monoisotopic (exact) mass is 512 g/mol. The first kappa shape index (κ1) is 23.1. The lowest BCUT2D eigenvalue weighted by atomic mass is 10.2. The summed E-state index contributed by atoms with van der Waals surface area (Å²) in [6, 6.07) is 12.0. The van der Waals surface area contributed by atoms with Gasteiger partial charge in [0.1, 0.15) is 6.26 Å². The fourth-order valence-electron chi connectivity index (χ4n) is 3.00. The summed E-state index contributed by atoms with van der Waals surface area (Å²) in [6.45, 7) is 5.09. The van der Waals surface area contributed by atoms with E-state index in [2.05, 4.69) is 32.4 Å². The van der Waals surface area contributed by atoms with E-state index in [1.807, 2.05) is 24.3 Å². The highest BCUT2D eigenvalue weighted by molar-refractivity contribution is 14.0. The van der Waals surface area contributed by atoms with Crippen LogP contribution in [0.5, 0.6) is 0 Å². The molecular formula is C20H29IN6O2. The topological polar surface area (TPSA) is 77.2 Å². The second kappa shape index (κ2) is 11.8. The lowest BCUT2D eigenvalue weighted by molar-refractivity contribution is -0.127. The zero-order chi connectivity index (χ0) is 19.8. The second-order valence-corrected chi connectivity index (χ2v) is 7.02. The van der Waals surface area contributed by atoms with E-state index in [0.717, 1.165) is 49.9 Å². The number of aliphatic imine (C=N–C) groups is 1. The number of carbonyl (C=O) groups excluding carboxylic acids is 1. The van der Waals surface area contributed by atoms with Crippen LogP contribution in [0.4, 0.5) is 0 Å². The maximum atomic E-state index is 12.0. The van der Waals surface area contributed by atoms with Crippen molar-refractivity contribution in [2.45, 2.75) is 13.1 Å². The quantitative estimate of drug-likeness (QED) is 0.361. The number of rotatable bonds is 6. The minimum Gasteiger partial charge on any atom is -0.364 e. The van der Waals surface area contributed by atoms with E-state index >= 15 is 0 Å². The SMILES string of the molecule is CN(C)C(=O)CNC(=NCc1ccccc1)N1CCN(Cc2ccon2)CC1.I. The first-order valence-electron chi connectivity index (χ1n) is 9.51. The predicted octanol–water partition coefficient (Wildman–Crippen LogP) is 1.64. The van der Waals surface area contributed by atoms with Gasteiger partial charge in [0.25, 0.3) is 0 Å². The van der Waals surface area contributed by atoms with Crippen LogP contribution in [0.15, 0.2) is 52.2 Å². The fourth-order valence-corrected chi connectivity index (χ4v) is 3.00. The second-order valence-electron chi connectivity index (χ2n) is 7.02. The number of hydrogen-bond acceptors (Lipinski definition) is 5. The summed E-state index contributed by atoms with van der Waals surface area (Å²) in [5.41, 5.74) is 2.09. The summed E-state index contributed by atoms with van der Waals surface area (Å²) >= 11 is 0. The van der Waals surface area contributed by atoms with Crippen LogP contribution in [0.25, 0.3) is 0 Å². The van der Waals surface area contributed by atoms with Gasteiger partial charge in [-0.25, -0.2) is 4.99 Å². The maximum absolute atomic E-state index is 12.0. The molecule has 1 saturated heterocycles. The first-order chi connectivity index (χ1) is 13.6. The molecule has 0 radical (unpaired) electrons. The van der Waals surface area contributed by atoms with Gasteiger partial charge in [0.05, 0.1) is 18.8 Å². The normalized spacial score (nSPS) is 15.0. The molecule has 1 aliphatic heterocycles. The van der Waals surface area contributed by atoms with E-state index in [4.69, 9.17) is 9.52 Å². The average Bonchev–Trinajstić information content (AvgIpc) is 3.22. The number of nitrogens with one attached hydrogen (secondary N) is 1.